The van der Waals surface area contributed by atoms with Crippen LogP contribution >= 0.6 is 35.4 Å². The molecule has 0 saturated carbocycles. The van der Waals surface area contributed by atoms with Crippen molar-refractivity contribution in [2.75, 3.05) is 0 Å². The molecule has 0 aliphatic carbocycles. The van der Waals surface area contributed by atoms with Crippen LogP contribution in [0.5, 0.6) is 0 Å². The van der Waals surface area contributed by atoms with Gasteiger partial charge in [-0.15, -0.1) is 0 Å². The molecule has 82 valence electrons. The smallest absolute Gasteiger partial charge is 0.183 e. The number of hydrogen-bond donors (Lipinski definition) is 1. The predicted molar refractivity (Wildman–Crippen MR) is 64.8 cm³/mol. The summed E-state index contributed by atoms with van der Waals surface area (Å²) in [5.74, 6) is -0.610. The monoisotopic (exact) mass is 274 g/mol. The first-order valence-corrected chi connectivity index (χ1v) is 5.44. The average Bonchev–Trinajstić information content (AvgIpc) is 2.26. The van der Waals surface area contributed by atoms with Crippen molar-refractivity contribution < 1.29 is 4.39 Å². The van der Waals surface area contributed by atoms with Crippen LogP contribution in [0.3, 0.4) is 0 Å². The highest BCUT2D eigenvalue weighted by atomic mass is 35.5. The summed E-state index contributed by atoms with van der Waals surface area (Å²) in [6.45, 7) is 0. The summed E-state index contributed by atoms with van der Waals surface area (Å²) in [6, 6.07) is 4.78. The highest BCUT2D eigenvalue weighted by molar-refractivity contribution is 7.71. The Labute approximate surface area is 106 Å². The SMILES string of the molecule is Fc1c(-c2cc(Cl)ccc2Cl)[nH]cnc1=S. The molecule has 0 aliphatic rings. The van der Waals surface area contributed by atoms with E-state index in [9.17, 15) is 4.39 Å². The van der Waals surface area contributed by atoms with Crippen molar-refractivity contribution in [1.29, 1.82) is 0 Å². The number of rotatable bonds is 1. The van der Waals surface area contributed by atoms with Gasteiger partial charge in [-0.3, -0.25) is 0 Å². The second kappa shape index (κ2) is 4.49. The van der Waals surface area contributed by atoms with E-state index in [1.54, 1.807) is 18.2 Å². The number of nitrogens with zero attached hydrogens (tertiary/aromatic N) is 1. The number of H-pyrrole nitrogens is 1. The van der Waals surface area contributed by atoms with Crippen molar-refractivity contribution in [1.82, 2.24) is 9.97 Å². The molecule has 0 saturated heterocycles. The van der Waals surface area contributed by atoms with Gasteiger partial charge in [-0.1, -0.05) is 35.4 Å². The van der Waals surface area contributed by atoms with Crippen LogP contribution in [0, 0.1) is 10.5 Å². The van der Waals surface area contributed by atoms with Gasteiger partial charge in [0.25, 0.3) is 0 Å². The molecule has 0 atom stereocenters. The number of halogens is 3. The van der Waals surface area contributed by atoms with Crippen molar-refractivity contribution in [3.63, 3.8) is 0 Å². The summed E-state index contributed by atoms with van der Waals surface area (Å²) in [6.07, 6.45) is 1.32. The normalized spacial score (nSPS) is 10.4. The minimum atomic E-state index is -0.610. The van der Waals surface area contributed by atoms with E-state index >= 15 is 0 Å². The van der Waals surface area contributed by atoms with E-state index in [0.717, 1.165) is 0 Å². The van der Waals surface area contributed by atoms with Gasteiger partial charge in [0.05, 0.1) is 17.0 Å². The highest BCUT2D eigenvalue weighted by Gasteiger charge is 2.11. The second-order valence-corrected chi connectivity index (χ2v) is 4.25. The van der Waals surface area contributed by atoms with Crippen LogP contribution in [-0.2, 0) is 0 Å². The molecule has 1 N–H and O–H groups in total. The lowest BCUT2D eigenvalue weighted by Gasteiger charge is -2.05. The molecular weight excluding hydrogens is 270 g/mol. The Morgan fingerprint density at radius 2 is 2.06 bits per heavy atom. The predicted octanol–water partition coefficient (Wildman–Crippen LogP) is 4.25. The lowest BCUT2D eigenvalue weighted by molar-refractivity contribution is 0.613. The molecule has 0 radical (unpaired) electrons. The lowest BCUT2D eigenvalue weighted by atomic mass is 10.1. The third-order valence-electron chi connectivity index (χ3n) is 2.00. The molecule has 6 heteroatoms. The Kier molecular flexibility index (Phi) is 3.23. The van der Waals surface area contributed by atoms with Crippen LogP contribution in [0.25, 0.3) is 11.3 Å². The number of aromatic amines is 1. The molecule has 0 unspecified atom stereocenters. The molecule has 2 aromatic rings. The van der Waals surface area contributed by atoms with Crippen molar-refractivity contribution in [3.8, 4) is 11.3 Å². The van der Waals surface area contributed by atoms with E-state index in [-0.39, 0.29) is 10.3 Å². The average molecular weight is 275 g/mol. The molecule has 0 fully saturated rings. The fourth-order valence-corrected chi connectivity index (χ4v) is 1.81. The largest absolute Gasteiger partial charge is 0.343 e. The van der Waals surface area contributed by atoms with E-state index in [2.05, 4.69) is 9.97 Å². The van der Waals surface area contributed by atoms with Crippen molar-refractivity contribution in [2.45, 2.75) is 0 Å². The fourth-order valence-electron chi connectivity index (χ4n) is 1.27. The van der Waals surface area contributed by atoms with E-state index in [0.29, 0.717) is 15.6 Å². The first-order chi connectivity index (χ1) is 7.59. The molecule has 1 aromatic heterocycles. The summed E-state index contributed by atoms with van der Waals surface area (Å²) in [4.78, 5) is 6.29. The second-order valence-electron chi connectivity index (χ2n) is 3.02. The molecule has 0 aliphatic heterocycles. The molecule has 2 rings (SSSR count). The Bertz CT molecular complexity index is 598. The van der Waals surface area contributed by atoms with Crippen LogP contribution in [0.1, 0.15) is 0 Å². The molecule has 1 heterocycles. The van der Waals surface area contributed by atoms with Gasteiger partial charge in [-0.25, -0.2) is 9.37 Å². The van der Waals surface area contributed by atoms with Crippen molar-refractivity contribution in [3.05, 3.63) is 45.0 Å². The summed E-state index contributed by atoms with van der Waals surface area (Å²) in [5, 5.41) is 0.857. The third kappa shape index (κ3) is 2.09. The van der Waals surface area contributed by atoms with Gasteiger partial charge < -0.3 is 4.98 Å². The zero-order valence-electron chi connectivity index (χ0n) is 7.80. The Balaban J connectivity index is 2.72. The van der Waals surface area contributed by atoms with Gasteiger partial charge >= 0.3 is 0 Å². The maximum absolute atomic E-state index is 13.7. The maximum Gasteiger partial charge on any atom is 0.183 e. The van der Waals surface area contributed by atoms with Crippen molar-refractivity contribution in [2.24, 2.45) is 0 Å². The summed E-state index contributed by atoms with van der Waals surface area (Å²) in [5.41, 5.74) is 0.646. The Morgan fingerprint density at radius 3 is 2.81 bits per heavy atom. The Hall–Kier alpha value is -0.970. The first-order valence-electron chi connectivity index (χ1n) is 4.28. The van der Waals surface area contributed by atoms with Gasteiger partial charge in [-0.2, -0.15) is 0 Å². The van der Waals surface area contributed by atoms with Gasteiger partial charge in [-0.05, 0) is 18.2 Å². The number of nitrogens with one attached hydrogen (secondary N) is 1. The molecule has 1 aromatic carbocycles. The van der Waals surface area contributed by atoms with Crippen LogP contribution in [-0.4, -0.2) is 9.97 Å². The molecular formula is C10H5Cl2FN2S. The van der Waals surface area contributed by atoms with E-state index < -0.39 is 5.82 Å². The van der Waals surface area contributed by atoms with Crippen LogP contribution < -0.4 is 0 Å². The number of hydrogen-bond acceptors (Lipinski definition) is 2. The topological polar surface area (TPSA) is 28.7 Å². The Morgan fingerprint density at radius 1 is 1.31 bits per heavy atom. The number of aromatic nitrogens is 2. The van der Waals surface area contributed by atoms with E-state index in [4.69, 9.17) is 35.4 Å². The number of benzene rings is 1. The first kappa shape index (κ1) is 11.5. The van der Waals surface area contributed by atoms with E-state index in [1.807, 2.05) is 0 Å². The van der Waals surface area contributed by atoms with E-state index in [1.165, 1.54) is 6.33 Å². The zero-order chi connectivity index (χ0) is 11.7. The summed E-state index contributed by atoms with van der Waals surface area (Å²) < 4.78 is 13.6. The van der Waals surface area contributed by atoms with Crippen LogP contribution in [0.4, 0.5) is 4.39 Å². The standard InChI is InChI=1S/C10H5Cl2FN2S/c11-5-1-2-7(12)6(3-5)9-8(13)10(16)15-4-14-9/h1-4H,(H,14,15,16). The van der Waals surface area contributed by atoms with Crippen LogP contribution in [0.15, 0.2) is 24.5 Å². The lowest BCUT2D eigenvalue weighted by Crippen LogP contribution is -1.93. The van der Waals surface area contributed by atoms with Gasteiger partial charge in [0.2, 0.25) is 0 Å². The van der Waals surface area contributed by atoms with Crippen LogP contribution in [0.2, 0.25) is 10.0 Å². The molecule has 2 nitrogen and oxygen atoms in total. The summed E-state index contributed by atoms with van der Waals surface area (Å²) >= 11 is 16.5. The minimum absolute atomic E-state index is 0.107. The fraction of sp³-hybridized carbons (Fsp3) is 0. The highest BCUT2D eigenvalue weighted by Crippen LogP contribution is 2.30. The van der Waals surface area contributed by atoms with Gasteiger partial charge in [0.15, 0.2) is 10.5 Å². The van der Waals surface area contributed by atoms with Crippen molar-refractivity contribution >= 4 is 35.4 Å². The molecule has 0 bridgehead atoms. The van der Waals surface area contributed by atoms with Gasteiger partial charge in [0, 0.05) is 10.6 Å². The summed E-state index contributed by atoms with van der Waals surface area (Å²) in [7, 11) is 0. The van der Waals surface area contributed by atoms with Gasteiger partial charge in [0.1, 0.15) is 0 Å². The minimum Gasteiger partial charge on any atom is -0.343 e. The maximum atomic E-state index is 13.7. The molecule has 0 amide bonds. The quantitative estimate of drug-likeness (QED) is 0.788. The molecule has 16 heavy (non-hydrogen) atoms. The third-order valence-corrected chi connectivity index (χ3v) is 2.85. The zero-order valence-corrected chi connectivity index (χ0v) is 10.1. The molecule has 0 spiro atoms.